The zero-order valence-corrected chi connectivity index (χ0v) is 20.3. The molecule has 2 amide bonds. The Morgan fingerprint density at radius 2 is 1.68 bits per heavy atom. The molecule has 0 aromatic carbocycles. The molecule has 1 heterocycles. The Morgan fingerprint density at radius 3 is 2.13 bits per heavy atom. The summed E-state index contributed by atoms with van der Waals surface area (Å²) >= 11 is 0. The van der Waals surface area contributed by atoms with Crippen molar-refractivity contribution < 1.29 is 29.0 Å². The summed E-state index contributed by atoms with van der Waals surface area (Å²) in [5, 5.41) is 12.2. The topological polar surface area (TPSA) is 105 Å². The van der Waals surface area contributed by atoms with E-state index in [1.807, 2.05) is 19.1 Å². The number of unbranched alkanes of at least 4 members (excludes halogenated alkanes) is 1. The molecule has 8 heteroatoms. The third-order valence-electron chi connectivity index (χ3n) is 4.88. The van der Waals surface area contributed by atoms with Crippen LogP contribution in [0.25, 0.3) is 0 Å². The Labute approximate surface area is 186 Å². The molecule has 1 rings (SSSR count). The molecule has 0 radical (unpaired) electrons. The molecule has 31 heavy (non-hydrogen) atoms. The molecule has 178 valence electrons. The van der Waals surface area contributed by atoms with Gasteiger partial charge in [-0.2, -0.15) is 0 Å². The fourth-order valence-electron chi connectivity index (χ4n) is 3.97. The van der Waals surface area contributed by atoms with Crippen LogP contribution < -0.4 is 5.32 Å². The van der Waals surface area contributed by atoms with Crippen LogP contribution >= 0.6 is 0 Å². The van der Waals surface area contributed by atoms with Crippen LogP contribution in [-0.2, 0) is 19.1 Å². The lowest BCUT2D eigenvalue weighted by Crippen LogP contribution is -2.64. The van der Waals surface area contributed by atoms with Gasteiger partial charge in [0.05, 0.1) is 0 Å². The lowest BCUT2D eigenvalue weighted by atomic mass is 9.87. The molecule has 0 aromatic rings. The zero-order valence-electron chi connectivity index (χ0n) is 20.3. The van der Waals surface area contributed by atoms with Crippen molar-refractivity contribution in [3.8, 4) is 0 Å². The Hall–Kier alpha value is -2.09. The maximum atomic E-state index is 13.4. The quantitative estimate of drug-likeness (QED) is 0.356. The summed E-state index contributed by atoms with van der Waals surface area (Å²) in [7, 11) is 0. The van der Waals surface area contributed by atoms with E-state index in [-0.39, 0.29) is 24.9 Å². The average molecular weight is 441 g/mol. The van der Waals surface area contributed by atoms with E-state index in [0.29, 0.717) is 19.3 Å². The number of carbonyl (C=O) groups excluding carboxylic acids is 3. The van der Waals surface area contributed by atoms with Crippen molar-refractivity contribution in [1.29, 1.82) is 0 Å². The molecule has 0 aliphatic carbocycles. The van der Waals surface area contributed by atoms with Gasteiger partial charge in [0.15, 0.2) is 0 Å². The summed E-state index contributed by atoms with van der Waals surface area (Å²) in [5.41, 5.74) is -2.69. The van der Waals surface area contributed by atoms with Crippen LogP contribution in [0.1, 0.15) is 81.1 Å². The molecule has 1 saturated heterocycles. The second-order valence-electron chi connectivity index (χ2n) is 10.1. The van der Waals surface area contributed by atoms with Gasteiger partial charge in [-0.25, -0.2) is 9.59 Å². The SMILES string of the molecule is C/C=C\[C@@H]1C[C@H](C(=O)OC(C)(C)C)N(C(=O)OC(C)(C)C)[C@@]1(CCCCO)NC(C)=O. The summed E-state index contributed by atoms with van der Waals surface area (Å²) in [6.07, 6.45) is 4.76. The van der Waals surface area contributed by atoms with Crippen molar-refractivity contribution in [2.75, 3.05) is 6.61 Å². The summed E-state index contributed by atoms with van der Waals surface area (Å²) in [6, 6.07) is -0.920. The van der Waals surface area contributed by atoms with E-state index in [4.69, 9.17) is 9.47 Å². The van der Waals surface area contributed by atoms with Crippen molar-refractivity contribution in [3.63, 3.8) is 0 Å². The predicted molar refractivity (Wildman–Crippen MR) is 118 cm³/mol. The van der Waals surface area contributed by atoms with E-state index in [9.17, 15) is 19.5 Å². The molecular weight excluding hydrogens is 400 g/mol. The lowest BCUT2D eigenvalue weighted by Gasteiger charge is -2.43. The number of rotatable bonds is 7. The molecule has 2 N–H and O–H groups in total. The first-order chi connectivity index (χ1) is 14.2. The van der Waals surface area contributed by atoms with Gasteiger partial charge >= 0.3 is 12.1 Å². The molecule has 1 fully saturated rings. The van der Waals surface area contributed by atoms with E-state index < -0.39 is 35.0 Å². The van der Waals surface area contributed by atoms with Gasteiger partial charge in [-0.3, -0.25) is 9.69 Å². The van der Waals surface area contributed by atoms with Gasteiger partial charge in [-0.15, -0.1) is 0 Å². The first kappa shape index (κ1) is 26.9. The smallest absolute Gasteiger partial charge is 0.412 e. The third kappa shape index (κ3) is 7.52. The first-order valence-electron chi connectivity index (χ1n) is 10.9. The average Bonchev–Trinajstić information content (AvgIpc) is 2.86. The van der Waals surface area contributed by atoms with Gasteiger partial charge in [0.2, 0.25) is 5.91 Å². The highest BCUT2D eigenvalue weighted by molar-refractivity contribution is 5.84. The van der Waals surface area contributed by atoms with Gasteiger partial charge in [-0.05, 0) is 74.1 Å². The summed E-state index contributed by atoms with van der Waals surface area (Å²) in [6.45, 7) is 13.8. The molecule has 0 saturated carbocycles. The highest BCUT2D eigenvalue weighted by Crippen LogP contribution is 2.43. The van der Waals surface area contributed by atoms with Crippen LogP contribution in [0.3, 0.4) is 0 Å². The van der Waals surface area contributed by atoms with Crippen molar-refractivity contribution in [2.24, 2.45) is 5.92 Å². The molecule has 0 unspecified atom stereocenters. The Bertz CT molecular complexity index is 677. The Morgan fingerprint density at radius 1 is 1.10 bits per heavy atom. The van der Waals surface area contributed by atoms with E-state index in [1.54, 1.807) is 41.5 Å². The van der Waals surface area contributed by atoms with E-state index in [2.05, 4.69) is 5.32 Å². The van der Waals surface area contributed by atoms with Crippen molar-refractivity contribution in [2.45, 2.75) is 104 Å². The van der Waals surface area contributed by atoms with Gasteiger partial charge in [0.1, 0.15) is 22.9 Å². The molecule has 8 nitrogen and oxygen atoms in total. The van der Waals surface area contributed by atoms with Crippen LogP contribution in [0.15, 0.2) is 12.2 Å². The molecule has 0 spiro atoms. The first-order valence-corrected chi connectivity index (χ1v) is 10.9. The van der Waals surface area contributed by atoms with Crippen LogP contribution in [0.5, 0.6) is 0 Å². The van der Waals surface area contributed by atoms with Crippen LogP contribution in [0.4, 0.5) is 4.79 Å². The normalized spacial score (nSPS) is 24.4. The van der Waals surface area contributed by atoms with Crippen LogP contribution in [0, 0.1) is 5.92 Å². The largest absolute Gasteiger partial charge is 0.458 e. The third-order valence-corrected chi connectivity index (χ3v) is 4.88. The molecular formula is C23H40N2O6. The minimum atomic E-state index is -1.17. The highest BCUT2D eigenvalue weighted by Gasteiger charge is 2.58. The second-order valence-corrected chi connectivity index (χ2v) is 10.1. The summed E-state index contributed by atoms with van der Waals surface area (Å²) in [4.78, 5) is 40.2. The highest BCUT2D eigenvalue weighted by atomic mass is 16.6. The number of allylic oxidation sites excluding steroid dienone is 1. The van der Waals surface area contributed by atoms with Gasteiger partial charge in [0, 0.05) is 19.4 Å². The fraction of sp³-hybridized carbons (Fsp3) is 0.783. The monoisotopic (exact) mass is 440 g/mol. The lowest BCUT2D eigenvalue weighted by molar-refractivity contribution is -0.162. The number of hydrogen-bond acceptors (Lipinski definition) is 6. The number of nitrogens with zero attached hydrogens (tertiary/aromatic N) is 1. The summed E-state index contributed by atoms with van der Waals surface area (Å²) in [5.74, 6) is -1.19. The van der Waals surface area contributed by atoms with Crippen molar-refractivity contribution >= 4 is 18.0 Å². The predicted octanol–water partition coefficient (Wildman–Crippen LogP) is 3.52. The maximum Gasteiger partial charge on any atom is 0.412 e. The number of amides is 2. The molecule has 3 atom stereocenters. The minimum absolute atomic E-state index is 0.00757. The van der Waals surface area contributed by atoms with Gasteiger partial charge in [-0.1, -0.05) is 12.2 Å². The fourth-order valence-corrected chi connectivity index (χ4v) is 3.97. The van der Waals surface area contributed by atoms with Gasteiger partial charge < -0.3 is 19.9 Å². The maximum absolute atomic E-state index is 13.4. The van der Waals surface area contributed by atoms with Crippen molar-refractivity contribution in [1.82, 2.24) is 10.2 Å². The number of ether oxygens (including phenoxy) is 2. The number of nitrogens with one attached hydrogen (secondary N) is 1. The molecule has 1 aliphatic rings. The number of hydrogen-bond donors (Lipinski definition) is 2. The van der Waals surface area contributed by atoms with Gasteiger partial charge in [0.25, 0.3) is 0 Å². The van der Waals surface area contributed by atoms with E-state index in [1.165, 1.54) is 11.8 Å². The number of aliphatic hydroxyl groups excluding tert-OH is 1. The second kappa shape index (κ2) is 10.5. The molecule has 0 bridgehead atoms. The van der Waals surface area contributed by atoms with Crippen LogP contribution in [0.2, 0.25) is 0 Å². The summed E-state index contributed by atoms with van der Waals surface area (Å²) < 4.78 is 11.3. The Balaban J connectivity index is 3.58. The Kier molecular flexibility index (Phi) is 9.11. The zero-order chi connectivity index (χ0) is 24.0. The number of likely N-dealkylation sites (tertiary alicyclic amines) is 1. The molecule has 0 aromatic heterocycles. The van der Waals surface area contributed by atoms with Crippen LogP contribution in [-0.4, -0.2) is 57.5 Å². The van der Waals surface area contributed by atoms with E-state index >= 15 is 0 Å². The van der Waals surface area contributed by atoms with E-state index in [0.717, 1.165) is 0 Å². The van der Waals surface area contributed by atoms with Crippen molar-refractivity contribution in [3.05, 3.63) is 12.2 Å². The number of aliphatic hydroxyl groups is 1. The number of carbonyl (C=O) groups is 3. The number of esters is 1. The minimum Gasteiger partial charge on any atom is -0.458 e. The standard InChI is InChI=1S/C23H40N2O6/c1-9-12-17-15-18(19(28)30-21(3,4)5)25(20(29)31-22(6,7)8)23(17,24-16(2)27)13-10-11-14-26/h9,12,17-18,26H,10-11,13-15H2,1-8H3,(H,24,27)/b12-9-/t17-,18-,23-/m1/s1. The molecule has 1 aliphatic heterocycles.